The van der Waals surface area contributed by atoms with E-state index in [0.717, 1.165) is 6.07 Å². The van der Waals surface area contributed by atoms with E-state index in [-0.39, 0.29) is 5.75 Å². The van der Waals surface area contributed by atoms with E-state index >= 15 is 0 Å². The molecule has 72 valence electrons. The number of rotatable bonds is 2. The van der Waals surface area contributed by atoms with Gasteiger partial charge in [0, 0.05) is 13.1 Å². The maximum Gasteiger partial charge on any atom is 0.200 e. The molecule has 0 saturated carbocycles. The van der Waals surface area contributed by atoms with Crippen molar-refractivity contribution in [2.75, 3.05) is 13.1 Å². The molecule has 0 unspecified atom stereocenters. The van der Waals surface area contributed by atoms with Crippen LogP contribution in [0.15, 0.2) is 18.2 Å². The van der Waals surface area contributed by atoms with Gasteiger partial charge in [-0.25, -0.2) is 4.39 Å². The molecule has 14 heavy (non-hydrogen) atoms. The summed E-state index contributed by atoms with van der Waals surface area (Å²) in [6.45, 7) is 0.867. The molecule has 2 nitrogen and oxygen atoms in total. The van der Waals surface area contributed by atoms with Crippen molar-refractivity contribution >= 4 is 7.85 Å². The van der Waals surface area contributed by atoms with Crippen LogP contribution >= 0.6 is 0 Å². The first kappa shape index (κ1) is 9.46. The number of hydrogen-bond donors (Lipinski definition) is 1. The third-order valence-corrected chi connectivity index (χ3v) is 2.08. The molecule has 0 spiro atoms. The number of ether oxygens (including phenoxy) is 1. The van der Waals surface area contributed by atoms with Crippen LogP contribution in [0.25, 0.3) is 0 Å². The van der Waals surface area contributed by atoms with E-state index in [2.05, 4.69) is 5.32 Å². The molecular weight excluding hydrogens is 187 g/mol. The van der Waals surface area contributed by atoms with E-state index in [9.17, 15) is 8.78 Å². The molecule has 0 aromatic heterocycles. The van der Waals surface area contributed by atoms with E-state index in [1.807, 2.05) is 0 Å². The summed E-state index contributed by atoms with van der Waals surface area (Å²) in [7, 11) is 5.68. The van der Waals surface area contributed by atoms with E-state index in [0.29, 0.717) is 13.1 Å². The Morgan fingerprint density at radius 2 is 2.07 bits per heavy atom. The van der Waals surface area contributed by atoms with Gasteiger partial charge in [-0.2, -0.15) is 4.39 Å². The molecule has 0 bridgehead atoms. The van der Waals surface area contributed by atoms with Gasteiger partial charge in [-0.3, -0.25) is 0 Å². The summed E-state index contributed by atoms with van der Waals surface area (Å²) in [6, 6.07) is 3.76. The molecule has 2 radical (unpaired) electrons. The summed E-state index contributed by atoms with van der Waals surface area (Å²) in [6.07, 6.45) is 0. The van der Waals surface area contributed by atoms with E-state index in [1.165, 1.54) is 12.1 Å². The zero-order valence-electron chi connectivity index (χ0n) is 7.39. The highest BCUT2D eigenvalue weighted by atomic mass is 19.2. The summed E-state index contributed by atoms with van der Waals surface area (Å²) in [5.41, 5.74) is -0.908. The van der Waals surface area contributed by atoms with Gasteiger partial charge in [-0.05, 0) is 12.1 Å². The SMILES string of the molecule is [B]C1(Oc2cccc(F)c2F)CNC1. The molecule has 1 aromatic rings. The Labute approximate surface area is 81.7 Å². The number of benzene rings is 1. The van der Waals surface area contributed by atoms with Crippen LogP contribution in [0.4, 0.5) is 8.78 Å². The largest absolute Gasteiger partial charge is 0.492 e. The van der Waals surface area contributed by atoms with Crippen molar-refractivity contribution in [3.63, 3.8) is 0 Å². The smallest absolute Gasteiger partial charge is 0.200 e. The first-order chi connectivity index (χ1) is 6.61. The fourth-order valence-corrected chi connectivity index (χ4v) is 1.23. The number of hydrogen-bond acceptors (Lipinski definition) is 2. The van der Waals surface area contributed by atoms with Crippen molar-refractivity contribution in [2.24, 2.45) is 0 Å². The van der Waals surface area contributed by atoms with Gasteiger partial charge in [-0.15, -0.1) is 0 Å². The lowest BCUT2D eigenvalue weighted by atomic mass is 9.76. The zero-order valence-corrected chi connectivity index (χ0v) is 7.39. The van der Waals surface area contributed by atoms with Gasteiger partial charge < -0.3 is 10.1 Å². The minimum atomic E-state index is -0.996. The molecule has 1 aliphatic heterocycles. The molecule has 0 atom stereocenters. The Balaban J connectivity index is 2.20. The van der Waals surface area contributed by atoms with Gasteiger partial charge in [0.05, 0.1) is 5.50 Å². The first-order valence-corrected chi connectivity index (χ1v) is 4.23. The summed E-state index contributed by atoms with van der Waals surface area (Å²) in [4.78, 5) is 0. The molecule has 1 heterocycles. The maximum absolute atomic E-state index is 13.1. The van der Waals surface area contributed by atoms with Crippen LogP contribution < -0.4 is 10.1 Å². The third kappa shape index (κ3) is 1.59. The second kappa shape index (κ2) is 3.24. The van der Waals surface area contributed by atoms with Gasteiger partial charge in [-0.1, -0.05) is 6.07 Å². The second-order valence-corrected chi connectivity index (χ2v) is 3.32. The lowest BCUT2D eigenvalue weighted by molar-refractivity contribution is 0.0920. The lowest BCUT2D eigenvalue weighted by Crippen LogP contribution is -2.63. The topological polar surface area (TPSA) is 21.3 Å². The van der Waals surface area contributed by atoms with Gasteiger partial charge >= 0.3 is 0 Å². The molecule has 1 aromatic carbocycles. The van der Waals surface area contributed by atoms with Crippen LogP contribution in [0.3, 0.4) is 0 Å². The summed E-state index contributed by atoms with van der Waals surface area (Å²) < 4.78 is 31.0. The molecule has 1 fully saturated rings. The Morgan fingerprint density at radius 1 is 1.36 bits per heavy atom. The molecule has 2 rings (SSSR count). The minimum absolute atomic E-state index is 0.144. The molecule has 0 amide bonds. The van der Waals surface area contributed by atoms with Crippen LogP contribution in [0.2, 0.25) is 0 Å². The Bertz CT molecular complexity index is 355. The fraction of sp³-hybridized carbons (Fsp3) is 0.333. The zero-order chi connectivity index (χ0) is 10.2. The predicted octanol–water partition coefficient (Wildman–Crippen LogP) is 0.812. The Kier molecular flexibility index (Phi) is 2.19. The van der Waals surface area contributed by atoms with E-state index < -0.39 is 17.1 Å². The van der Waals surface area contributed by atoms with Crippen LogP contribution in [0.5, 0.6) is 5.75 Å². The fourth-order valence-electron chi connectivity index (χ4n) is 1.23. The van der Waals surface area contributed by atoms with Crippen molar-refractivity contribution in [2.45, 2.75) is 5.50 Å². The van der Waals surface area contributed by atoms with Crippen LogP contribution in [-0.4, -0.2) is 26.4 Å². The Morgan fingerprint density at radius 3 is 2.64 bits per heavy atom. The van der Waals surface area contributed by atoms with E-state index in [4.69, 9.17) is 12.6 Å². The highest BCUT2D eigenvalue weighted by Gasteiger charge is 2.34. The van der Waals surface area contributed by atoms with Crippen LogP contribution in [0.1, 0.15) is 0 Å². The highest BCUT2D eigenvalue weighted by Crippen LogP contribution is 2.24. The van der Waals surface area contributed by atoms with Crippen molar-refractivity contribution < 1.29 is 13.5 Å². The molecule has 5 heteroatoms. The number of halogens is 2. The molecule has 0 aliphatic carbocycles. The highest BCUT2D eigenvalue weighted by molar-refractivity contribution is 6.15. The first-order valence-electron chi connectivity index (χ1n) is 4.23. The average Bonchev–Trinajstić information content (AvgIpc) is 2.10. The standard InChI is InChI=1S/C9H8BF2NO/c10-9(4-13-5-9)14-7-3-1-2-6(11)8(7)12/h1-3,13H,4-5H2. The monoisotopic (exact) mass is 195 g/mol. The molecular formula is C9H8BF2NO. The number of nitrogens with one attached hydrogen (secondary N) is 1. The molecule has 1 N–H and O–H groups in total. The second-order valence-electron chi connectivity index (χ2n) is 3.32. The summed E-state index contributed by atoms with van der Waals surface area (Å²) in [5.74, 6) is -2.07. The lowest BCUT2D eigenvalue weighted by Gasteiger charge is -2.40. The normalized spacial score (nSPS) is 18.7. The molecule has 1 saturated heterocycles. The van der Waals surface area contributed by atoms with Crippen molar-refractivity contribution in [1.29, 1.82) is 0 Å². The molecule has 1 aliphatic rings. The predicted molar refractivity (Wildman–Crippen MR) is 48.3 cm³/mol. The quantitative estimate of drug-likeness (QED) is 0.705. The summed E-state index contributed by atoms with van der Waals surface area (Å²) >= 11 is 0. The van der Waals surface area contributed by atoms with Crippen molar-refractivity contribution in [3.05, 3.63) is 29.8 Å². The van der Waals surface area contributed by atoms with Crippen molar-refractivity contribution in [3.8, 4) is 5.75 Å². The van der Waals surface area contributed by atoms with Gasteiger partial charge in [0.1, 0.15) is 7.85 Å². The maximum atomic E-state index is 13.1. The van der Waals surface area contributed by atoms with Gasteiger partial charge in [0.2, 0.25) is 5.82 Å². The van der Waals surface area contributed by atoms with Crippen LogP contribution in [0, 0.1) is 11.6 Å². The van der Waals surface area contributed by atoms with Crippen molar-refractivity contribution in [1.82, 2.24) is 5.32 Å². The van der Waals surface area contributed by atoms with Gasteiger partial charge in [0.25, 0.3) is 0 Å². The minimum Gasteiger partial charge on any atom is -0.492 e. The van der Waals surface area contributed by atoms with Crippen LogP contribution in [-0.2, 0) is 0 Å². The summed E-state index contributed by atoms with van der Waals surface area (Å²) in [5, 5.41) is 2.89. The third-order valence-electron chi connectivity index (χ3n) is 2.08. The van der Waals surface area contributed by atoms with Gasteiger partial charge in [0.15, 0.2) is 11.6 Å². The Hall–Kier alpha value is -1.10. The average molecular weight is 195 g/mol. The van der Waals surface area contributed by atoms with E-state index in [1.54, 1.807) is 0 Å².